The van der Waals surface area contributed by atoms with E-state index in [1.54, 1.807) is 38.3 Å². The number of benzene rings is 2. The Bertz CT molecular complexity index is 1040. The molecule has 29 heavy (non-hydrogen) atoms. The SMILES string of the molecule is COc1ccc(/C=C2/N=C(C)N(c3ccc([N+](=O)[O-])cc3OC)C2=O)cc1OC. The fraction of sp³-hybridized carbons (Fsp3) is 0.200. The number of amidine groups is 1. The highest BCUT2D eigenvalue weighted by molar-refractivity contribution is 6.28. The Kier molecular flexibility index (Phi) is 5.49. The van der Waals surface area contributed by atoms with Crippen molar-refractivity contribution in [2.45, 2.75) is 6.92 Å². The average molecular weight is 397 g/mol. The summed E-state index contributed by atoms with van der Waals surface area (Å²) in [5.74, 6) is 1.36. The lowest BCUT2D eigenvalue weighted by atomic mass is 10.1. The van der Waals surface area contributed by atoms with Gasteiger partial charge in [-0.05, 0) is 36.8 Å². The summed E-state index contributed by atoms with van der Waals surface area (Å²) in [5.41, 5.74) is 1.17. The second kappa shape index (κ2) is 8.01. The first-order chi connectivity index (χ1) is 13.9. The predicted molar refractivity (Wildman–Crippen MR) is 108 cm³/mol. The maximum absolute atomic E-state index is 13.0. The molecule has 0 spiro atoms. The lowest BCUT2D eigenvalue weighted by Crippen LogP contribution is -2.30. The van der Waals surface area contributed by atoms with E-state index in [2.05, 4.69) is 4.99 Å². The summed E-state index contributed by atoms with van der Waals surface area (Å²) < 4.78 is 15.8. The highest BCUT2D eigenvalue weighted by Crippen LogP contribution is 2.36. The van der Waals surface area contributed by atoms with E-state index in [-0.39, 0.29) is 23.0 Å². The lowest BCUT2D eigenvalue weighted by molar-refractivity contribution is -0.384. The van der Waals surface area contributed by atoms with Gasteiger partial charge in [0.1, 0.15) is 17.3 Å². The maximum atomic E-state index is 13.0. The quantitative estimate of drug-likeness (QED) is 0.420. The van der Waals surface area contributed by atoms with Gasteiger partial charge in [-0.1, -0.05) is 6.07 Å². The number of hydrogen-bond donors (Lipinski definition) is 0. The predicted octanol–water partition coefficient (Wildman–Crippen LogP) is 3.43. The van der Waals surface area contributed by atoms with Crippen LogP contribution in [0.3, 0.4) is 0 Å². The van der Waals surface area contributed by atoms with E-state index in [0.29, 0.717) is 28.6 Å². The van der Waals surface area contributed by atoms with Gasteiger partial charge in [-0.3, -0.25) is 19.8 Å². The minimum Gasteiger partial charge on any atom is -0.494 e. The summed E-state index contributed by atoms with van der Waals surface area (Å²) in [4.78, 5) is 29.2. The van der Waals surface area contributed by atoms with Gasteiger partial charge in [0, 0.05) is 6.07 Å². The zero-order valence-electron chi connectivity index (χ0n) is 16.3. The number of non-ortho nitro benzene ring substituents is 1. The van der Waals surface area contributed by atoms with E-state index in [1.807, 2.05) is 0 Å². The Balaban J connectivity index is 1.98. The molecule has 0 fully saturated rings. The second-order valence-corrected chi connectivity index (χ2v) is 6.06. The molecule has 3 rings (SSSR count). The van der Waals surface area contributed by atoms with Crippen LogP contribution in [0.4, 0.5) is 11.4 Å². The number of carbonyl (C=O) groups is 1. The Morgan fingerprint density at radius 1 is 1.00 bits per heavy atom. The first-order valence-electron chi connectivity index (χ1n) is 8.55. The normalized spacial score (nSPS) is 14.8. The fourth-order valence-electron chi connectivity index (χ4n) is 2.98. The van der Waals surface area contributed by atoms with Gasteiger partial charge in [-0.25, -0.2) is 4.99 Å². The third-order valence-electron chi connectivity index (χ3n) is 4.35. The molecule has 0 N–H and O–H groups in total. The number of aliphatic imine (C=N–C) groups is 1. The number of ether oxygens (including phenoxy) is 3. The van der Waals surface area contributed by atoms with Gasteiger partial charge in [-0.15, -0.1) is 0 Å². The van der Waals surface area contributed by atoms with Crippen LogP contribution in [-0.4, -0.2) is 38.0 Å². The van der Waals surface area contributed by atoms with Crippen molar-refractivity contribution in [3.63, 3.8) is 0 Å². The van der Waals surface area contributed by atoms with Crippen molar-refractivity contribution in [1.29, 1.82) is 0 Å². The molecule has 0 unspecified atom stereocenters. The van der Waals surface area contributed by atoms with E-state index >= 15 is 0 Å². The summed E-state index contributed by atoms with van der Waals surface area (Å²) in [6.45, 7) is 1.67. The van der Waals surface area contributed by atoms with Crippen LogP contribution < -0.4 is 19.1 Å². The molecule has 2 aromatic rings. The van der Waals surface area contributed by atoms with Gasteiger partial charge in [0.25, 0.3) is 11.6 Å². The summed E-state index contributed by atoms with van der Waals surface area (Å²) in [6.07, 6.45) is 1.63. The number of nitro groups is 1. The molecule has 0 saturated carbocycles. The summed E-state index contributed by atoms with van der Waals surface area (Å²) >= 11 is 0. The molecule has 9 heteroatoms. The Morgan fingerprint density at radius 2 is 1.69 bits per heavy atom. The number of carbonyl (C=O) groups excluding carboxylic acids is 1. The van der Waals surface area contributed by atoms with Crippen molar-refractivity contribution in [1.82, 2.24) is 0 Å². The first-order valence-corrected chi connectivity index (χ1v) is 8.55. The minimum atomic E-state index is -0.526. The van der Waals surface area contributed by atoms with Crippen LogP contribution in [0.2, 0.25) is 0 Å². The minimum absolute atomic E-state index is 0.132. The average Bonchev–Trinajstić information content (AvgIpc) is 3.00. The highest BCUT2D eigenvalue weighted by atomic mass is 16.6. The van der Waals surface area contributed by atoms with Gasteiger partial charge in [0.2, 0.25) is 0 Å². The van der Waals surface area contributed by atoms with Crippen molar-refractivity contribution in [2.75, 3.05) is 26.2 Å². The molecule has 1 aliphatic rings. The fourth-order valence-corrected chi connectivity index (χ4v) is 2.98. The number of anilines is 1. The molecule has 0 aromatic heterocycles. The Morgan fingerprint density at radius 3 is 2.31 bits per heavy atom. The molecular weight excluding hydrogens is 378 g/mol. The molecule has 0 saturated heterocycles. The maximum Gasteiger partial charge on any atom is 0.282 e. The molecule has 9 nitrogen and oxygen atoms in total. The van der Waals surface area contributed by atoms with E-state index in [9.17, 15) is 14.9 Å². The van der Waals surface area contributed by atoms with Crippen molar-refractivity contribution >= 4 is 29.2 Å². The molecule has 2 aromatic carbocycles. The second-order valence-electron chi connectivity index (χ2n) is 6.06. The van der Waals surface area contributed by atoms with E-state index in [1.165, 1.54) is 37.3 Å². The van der Waals surface area contributed by atoms with Gasteiger partial charge in [-0.2, -0.15) is 0 Å². The summed E-state index contributed by atoms with van der Waals surface area (Å²) in [7, 11) is 4.45. The van der Waals surface area contributed by atoms with Crippen LogP contribution in [0.5, 0.6) is 17.2 Å². The number of nitro benzene ring substituents is 1. The number of rotatable bonds is 6. The van der Waals surface area contributed by atoms with Crippen molar-refractivity contribution in [2.24, 2.45) is 4.99 Å². The molecule has 0 atom stereocenters. The number of amides is 1. The van der Waals surface area contributed by atoms with Crippen LogP contribution in [0.15, 0.2) is 47.1 Å². The monoisotopic (exact) mass is 397 g/mol. The van der Waals surface area contributed by atoms with Crippen LogP contribution in [0.1, 0.15) is 12.5 Å². The summed E-state index contributed by atoms with van der Waals surface area (Å²) in [6, 6.07) is 9.30. The van der Waals surface area contributed by atoms with Crippen LogP contribution in [0, 0.1) is 10.1 Å². The Hall–Kier alpha value is -3.88. The molecular formula is C20H19N3O6. The Labute approximate surface area is 167 Å². The van der Waals surface area contributed by atoms with Crippen molar-refractivity contribution < 1.29 is 23.9 Å². The molecule has 0 radical (unpaired) electrons. The third kappa shape index (κ3) is 3.75. The van der Waals surface area contributed by atoms with E-state index in [0.717, 1.165) is 0 Å². The van der Waals surface area contributed by atoms with E-state index in [4.69, 9.17) is 14.2 Å². The standard InChI is InChI=1S/C20H19N3O6/c1-12-21-15(9-13-5-8-17(27-2)19(10-13)29-4)20(24)22(12)16-7-6-14(23(25)26)11-18(16)28-3/h5-11H,1-4H3/b15-9+. The highest BCUT2D eigenvalue weighted by Gasteiger charge is 2.31. The topological polar surface area (TPSA) is 104 Å². The van der Waals surface area contributed by atoms with Gasteiger partial charge < -0.3 is 14.2 Å². The van der Waals surface area contributed by atoms with Crippen LogP contribution >= 0.6 is 0 Å². The zero-order chi connectivity index (χ0) is 21.1. The van der Waals surface area contributed by atoms with E-state index < -0.39 is 4.92 Å². The summed E-state index contributed by atoms with van der Waals surface area (Å²) in [5, 5.41) is 11.0. The zero-order valence-corrected chi connectivity index (χ0v) is 16.3. The van der Waals surface area contributed by atoms with Gasteiger partial charge in [0.15, 0.2) is 11.5 Å². The smallest absolute Gasteiger partial charge is 0.282 e. The molecule has 0 aliphatic carbocycles. The van der Waals surface area contributed by atoms with Crippen LogP contribution in [0.25, 0.3) is 6.08 Å². The first kappa shape index (κ1) is 19.9. The largest absolute Gasteiger partial charge is 0.494 e. The van der Waals surface area contributed by atoms with Gasteiger partial charge in [0.05, 0.1) is 38.0 Å². The lowest BCUT2D eigenvalue weighted by Gasteiger charge is -2.18. The molecule has 150 valence electrons. The molecule has 1 amide bonds. The van der Waals surface area contributed by atoms with Crippen molar-refractivity contribution in [3.05, 3.63) is 57.8 Å². The third-order valence-corrected chi connectivity index (χ3v) is 4.35. The molecule has 0 bridgehead atoms. The number of nitrogens with zero attached hydrogens (tertiary/aromatic N) is 3. The number of hydrogen-bond acceptors (Lipinski definition) is 7. The molecule has 1 heterocycles. The number of methoxy groups -OCH3 is 3. The molecule has 1 aliphatic heterocycles. The van der Waals surface area contributed by atoms with Crippen LogP contribution in [-0.2, 0) is 4.79 Å². The van der Waals surface area contributed by atoms with Gasteiger partial charge >= 0.3 is 0 Å². The van der Waals surface area contributed by atoms with Crippen molar-refractivity contribution in [3.8, 4) is 17.2 Å².